The molecule has 1 aromatic rings. The van der Waals surface area contributed by atoms with Crippen LogP contribution in [-0.4, -0.2) is 25.4 Å². The number of hydrogen-bond acceptors (Lipinski definition) is 2. The first kappa shape index (κ1) is 13.3. The van der Waals surface area contributed by atoms with Gasteiger partial charge in [-0.1, -0.05) is 49.1 Å². The molecule has 2 saturated heterocycles. The predicted molar refractivity (Wildman–Crippen MR) is 80.4 cm³/mol. The standard InChI is InChI=1S/C16H24O2Si/c1-19(2,3)15-8-4-12(5-9-15)16(17)10-13-6-7-14(11-16)18-13/h4-5,8-9,13-14,17H,6-7,10-11H2,1-3H3. The van der Waals surface area contributed by atoms with Crippen molar-refractivity contribution in [3.63, 3.8) is 0 Å². The van der Waals surface area contributed by atoms with Crippen molar-refractivity contribution < 1.29 is 9.84 Å². The molecule has 1 N–H and O–H groups in total. The van der Waals surface area contributed by atoms with Crippen LogP contribution in [0.25, 0.3) is 0 Å². The van der Waals surface area contributed by atoms with Gasteiger partial charge in [0.25, 0.3) is 0 Å². The Labute approximate surface area is 116 Å². The highest BCUT2D eigenvalue weighted by atomic mass is 28.3. The Morgan fingerprint density at radius 2 is 1.58 bits per heavy atom. The molecule has 2 atom stereocenters. The third-order valence-electron chi connectivity index (χ3n) is 4.61. The molecule has 2 nitrogen and oxygen atoms in total. The quantitative estimate of drug-likeness (QED) is 0.842. The fourth-order valence-corrected chi connectivity index (χ4v) is 4.60. The summed E-state index contributed by atoms with van der Waals surface area (Å²) in [5.41, 5.74) is 0.414. The van der Waals surface area contributed by atoms with Gasteiger partial charge in [0.2, 0.25) is 0 Å². The second-order valence-electron chi connectivity index (χ2n) is 7.22. The summed E-state index contributed by atoms with van der Waals surface area (Å²) in [7, 11) is -1.25. The first-order valence-electron chi connectivity index (χ1n) is 7.36. The Bertz CT molecular complexity index is 449. The Hall–Kier alpha value is -0.643. The van der Waals surface area contributed by atoms with Gasteiger partial charge in [-0.05, 0) is 18.4 Å². The molecule has 3 heteroatoms. The largest absolute Gasteiger partial charge is 0.385 e. The summed E-state index contributed by atoms with van der Waals surface area (Å²) < 4.78 is 5.84. The number of benzene rings is 1. The molecule has 0 aliphatic carbocycles. The maximum Gasteiger partial charge on any atom is 0.0945 e. The lowest BCUT2D eigenvalue weighted by Crippen LogP contribution is -2.40. The first-order valence-corrected chi connectivity index (χ1v) is 10.9. The van der Waals surface area contributed by atoms with Gasteiger partial charge in [-0.2, -0.15) is 0 Å². The van der Waals surface area contributed by atoms with Crippen molar-refractivity contribution in [1.82, 2.24) is 0 Å². The molecule has 104 valence electrons. The Morgan fingerprint density at radius 1 is 1.05 bits per heavy atom. The number of rotatable bonds is 2. The van der Waals surface area contributed by atoms with Gasteiger partial charge in [-0.15, -0.1) is 0 Å². The average Bonchev–Trinajstić information content (AvgIpc) is 2.68. The van der Waals surface area contributed by atoms with Crippen LogP contribution in [0.3, 0.4) is 0 Å². The van der Waals surface area contributed by atoms with Gasteiger partial charge in [-0.3, -0.25) is 0 Å². The van der Waals surface area contributed by atoms with E-state index in [0.717, 1.165) is 31.2 Å². The summed E-state index contributed by atoms with van der Waals surface area (Å²) in [5, 5.41) is 12.4. The first-order chi connectivity index (χ1) is 8.87. The van der Waals surface area contributed by atoms with Gasteiger partial charge in [0.15, 0.2) is 0 Å². The van der Waals surface area contributed by atoms with Crippen molar-refractivity contribution in [2.24, 2.45) is 0 Å². The molecule has 2 unspecified atom stereocenters. The van der Waals surface area contributed by atoms with Crippen LogP contribution in [0.2, 0.25) is 19.6 Å². The normalized spacial score (nSPS) is 34.5. The number of ether oxygens (including phenoxy) is 1. The van der Waals surface area contributed by atoms with Gasteiger partial charge < -0.3 is 9.84 Å². The molecule has 0 radical (unpaired) electrons. The minimum absolute atomic E-state index is 0.264. The zero-order valence-electron chi connectivity index (χ0n) is 12.1. The monoisotopic (exact) mass is 276 g/mol. The van der Waals surface area contributed by atoms with E-state index >= 15 is 0 Å². The lowest BCUT2D eigenvalue weighted by Gasteiger charge is -2.37. The van der Waals surface area contributed by atoms with Crippen LogP contribution in [0.1, 0.15) is 31.2 Å². The van der Waals surface area contributed by atoms with Crippen molar-refractivity contribution in [3.8, 4) is 0 Å². The maximum absolute atomic E-state index is 10.9. The van der Waals surface area contributed by atoms with Crippen LogP contribution < -0.4 is 5.19 Å². The third-order valence-corrected chi connectivity index (χ3v) is 6.68. The lowest BCUT2D eigenvalue weighted by atomic mass is 9.83. The molecule has 2 fully saturated rings. The number of fused-ring (bicyclic) bond motifs is 2. The van der Waals surface area contributed by atoms with Crippen LogP contribution in [0.4, 0.5) is 0 Å². The molecule has 3 rings (SSSR count). The van der Waals surface area contributed by atoms with Crippen LogP contribution in [-0.2, 0) is 10.3 Å². The summed E-state index contributed by atoms with van der Waals surface area (Å²) >= 11 is 0. The molecule has 2 bridgehead atoms. The van der Waals surface area contributed by atoms with Gasteiger partial charge in [-0.25, -0.2) is 0 Å². The summed E-state index contributed by atoms with van der Waals surface area (Å²) in [6.07, 6.45) is 4.27. The Balaban J connectivity index is 1.86. The number of aliphatic hydroxyl groups is 1. The van der Waals surface area contributed by atoms with Crippen molar-refractivity contribution in [3.05, 3.63) is 29.8 Å². The highest BCUT2D eigenvalue weighted by Crippen LogP contribution is 2.43. The minimum atomic E-state index is -1.25. The van der Waals surface area contributed by atoms with Gasteiger partial charge >= 0.3 is 0 Å². The van der Waals surface area contributed by atoms with E-state index in [0.29, 0.717) is 0 Å². The smallest absolute Gasteiger partial charge is 0.0945 e. The second-order valence-corrected chi connectivity index (χ2v) is 12.3. The molecule has 2 heterocycles. The summed E-state index contributed by atoms with van der Waals surface area (Å²) in [4.78, 5) is 0. The topological polar surface area (TPSA) is 29.5 Å². The van der Waals surface area contributed by atoms with E-state index in [-0.39, 0.29) is 12.2 Å². The van der Waals surface area contributed by atoms with Gasteiger partial charge in [0.05, 0.1) is 25.9 Å². The SMILES string of the molecule is C[Si](C)(C)c1ccc(C2(O)CC3CCC(C2)O3)cc1. The van der Waals surface area contributed by atoms with E-state index < -0.39 is 13.7 Å². The molecular weight excluding hydrogens is 252 g/mol. The van der Waals surface area contributed by atoms with Crippen LogP contribution in [0.15, 0.2) is 24.3 Å². The van der Waals surface area contributed by atoms with E-state index in [9.17, 15) is 5.11 Å². The molecule has 19 heavy (non-hydrogen) atoms. The average molecular weight is 276 g/mol. The summed E-state index contributed by atoms with van der Waals surface area (Å²) in [6, 6.07) is 8.71. The minimum Gasteiger partial charge on any atom is -0.385 e. The van der Waals surface area contributed by atoms with Crippen LogP contribution in [0.5, 0.6) is 0 Å². The van der Waals surface area contributed by atoms with Crippen molar-refractivity contribution >= 4 is 13.3 Å². The molecule has 1 aromatic carbocycles. The van der Waals surface area contributed by atoms with E-state index in [4.69, 9.17) is 4.74 Å². The number of hydrogen-bond donors (Lipinski definition) is 1. The highest BCUT2D eigenvalue weighted by molar-refractivity contribution is 6.88. The third kappa shape index (κ3) is 2.51. The van der Waals surface area contributed by atoms with E-state index in [2.05, 4.69) is 43.9 Å². The fraction of sp³-hybridized carbons (Fsp3) is 0.625. The zero-order chi connectivity index (χ0) is 13.7. The van der Waals surface area contributed by atoms with Crippen molar-refractivity contribution in [2.45, 2.75) is 63.1 Å². The van der Waals surface area contributed by atoms with E-state index in [1.54, 1.807) is 0 Å². The Kier molecular flexibility index (Phi) is 3.12. The van der Waals surface area contributed by atoms with Crippen LogP contribution >= 0.6 is 0 Å². The molecule has 0 spiro atoms. The molecule has 2 aliphatic heterocycles. The predicted octanol–water partition coefficient (Wildman–Crippen LogP) is 2.76. The van der Waals surface area contributed by atoms with Gasteiger partial charge in [0, 0.05) is 12.8 Å². The fourth-order valence-electron chi connectivity index (χ4n) is 3.43. The molecule has 2 aliphatic rings. The Morgan fingerprint density at radius 3 is 2.05 bits per heavy atom. The molecule has 0 aromatic heterocycles. The van der Waals surface area contributed by atoms with Crippen molar-refractivity contribution in [2.75, 3.05) is 0 Å². The van der Waals surface area contributed by atoms with E-state index in [1.165, 1.54) is 5.19 Å². The molecular formula is C16H24O2Si. The summed E-state index contributed by atoms with van der Waals surface area (Å²) in [6.45, 7) is 7.06. The highest BCUT2D eigenvalue weighted by Gasteiger charge is 2.44. The molecule has 0 amide bonds. The molecule has 0 saturated carbocycles. The van der Waals surface area contributed by atoms with Gasteiger partial charge in [0.1, 0.15) is 0 Å². The van der Waals surface area contributed by atoms with Crippen molar-refractivity contribution in [1.29, 1.82) is 0 Å². The second kappa shape index (κ2) is 4.44. The lowest BCUT2D eigenvalue weighted by molar-refractivity contribution is -0.115. The maximum atomic E-state index is 10.9. The van der Waals surface area contributed by atoms with Crippen LogP contribution in [0, 0.1) is 0 Å². The zero-order valence-corrected chi connectivity index (χ0v) is 13.1. The van der Waals surface area contributed by atoms with E-state index in [1.807, 2.05) is 0 Å². The summed E-state index contributed by atoms with van der Waals surface area (Å²) in [5.74, 6) is 0.